The third kappa shape index (κ3) is 4.16. The predicted octanol–water partition coefficient (Wildman–Crippen LogP) is 0.684. The van der Waals surface area contributed by atoms with E-state index in [0.717, 1.165) is 0 Å². The number of amides is 1. The molecule has 1 heterocycles. The maximum absolute atomic E-state index is 12.0. The van der Waals surface area contributed by atoms with Crippen LogP contribution in [0, 0.1) is 5.41 Å². The van der Waals surface area contributed by atoms with Gasteiger partial charge in [-0.25, -0.2) is 0 Å². The number of carbonyl (C=O) groups is 2. The largest absolute Gasteiger partial charge is 0.481 e. The third-order valence-electron chi connectivity index (χ3n) is 4.01. The van der Waals surface area contributed by atoms with Gasteiger partial charge in [0, 0.05) is 19.2 Å². The standard InChI is InChI=1S/C16H21N3O5S/c1-16(2,15(21)22)8-9-17-13(20)10-19(3)14-11-6-4-5-7-12(11)25(23,24)18-14/h4-7H,8-10H2,1-3H3,(H,17,20)(H,21,22). The fourth-order valence-electron chi connectivity index (χ4n) is 2.33. The number of carboxylic acid groups (broad SMARTS) is 1. The quantitative estimate of drug-likeness (QED) is 0.764. The van der Waals surface area contributed by atoms with Crippen LogP contribution < -0.4 is 5.32 Å². The topological polar surface area (TPSA) is 116 Å². The second kappa shape index (κ2) is 6.83. The molecule has 1 aromatic carbocycles. The van der Waals surface area contributed by atoms with E-state index in [1.54, 1.807) is 39.1 Å². The van der Waals surface area contributed by atoms with Gasteiger partial charge in [0.15, 0.2) is 5.84 Å². The van der Waals surface area contributed by atoms with E-state index in [2.05, 4.69) is 9.71 Å². The van der Waals surface area contributed by atoms with Crippen LogP contribution in [0.4, 0.5) is 0 Å². The van der Waals surface area contributed by atoms with Crippen LogP contribution in [0.2, 0.25) is 0 Å². The van der Waals surface area contributed by atoms with Gasteiger partial charge in [0.2, 0.25) is 5.91 Å². The van der Waals surface area contributed by atoms with E-state index < -0.39 is 21.4 Å². The highest BCUT2D eigenvalue weighted by Crippen LogP contribution is 2.26. The molecular weight excluding hydrogens is 346 g/mol. The maximum atomic E-state index is 12.0. The normalized spacial score (nSPS) is 15.2. The van der Waals surface area contributed by atoms with Gasteiger partial charge in [0.05, 0.1) is 12.0 Å². The number of hydrogen-bond acceptors (Lipinski definition) is 5. The number of benzene rings is 1. The van der Waals surface area contributed by atoms with Gasteiger partial charge >= 0.3 is 5.97 Å². The molecule has 2 rings (SSSR count). The average Bonchev–Trinajstić information content (AvgIpc) is 2.79. The second-order valence-corrected chi connectivity index (χ2v) is 8.10. The van der Waals surface area contributed by atoms with Crippen molar-refractivity contribution in [2.45, 2.75) is 25.2 Å². The molecule has 0 fully saturated rings. The van der Waals surface area contributed by atoms with Gasteiger partial charge in [-0.05, 0) is 32.4 Å². The SMILES string of the molecule is CN(CC(=O)NCCC(C)(C)C(=O)O)C1=NS(=O)(=O)c2ccccc21. The van der Waals surface area contributed by atoms with Crippen LogP contribution in [0.15, 0.2) is 33.6 Å². The van der Waals surface area contributed by atoms with Gasteiger partial charge in [-0.15, -0.1) is 4.40 Å². The van der Waals surface area contributed by atoms with Crippen molar-refractivity contribution in [1.82, 2.24) is 10.2 Å². The molecule has 1 aliphatic heterocycles. The smallest absolute Gasteiger partial charge is 0.309 e. The summed E-state index contributed by atoms with van der Waals surface area (Å²) in [4.78, 5) is 24.7. The van der Waals surface area contributed by atoms with Crippen LogP contribution in [0.3, 0.4) is 0 Å². The number of likely N-dealkylation sites (N-methyl/N-ethyl adjacent to an activating group) is 1. The van der Waals surface area contributed by atoms with Crippen molar-refractivity contribution >= 4 is 27.7 Å². The summed E-state index contributed by atoms with van der Waals surface area (Å²) < 4.78 is 27.8. The molecule has 0 spiro atoms. The first-order valence-corrected chi connectivity index (χ1v) is 9.14. The van der Waals surface area contributed by atoms with Gasteiger partial charge in [-0.1, -0.05) is 12.1 Å². The Morgan fingerprint density at radius 3 is 2.56 bits per heavy atom. The number of rotatable bonds is 6. The lowest BCUT2D eigenvalue weighted by molar-refractivity contribution is -0.147. The van der Waals surface area contributed by atoms with Crippen molar-refractivity contribution in [2.75, 3.05) is 20.1 Å². The van der Waals surface area contributed by atoms with E-state index in [0.29, 0.717) is 5.56 Å². The molecule has 9 heteroatoms. The fourth-order valence-corrected chi connectivity index (χ4v) is 3.58. The lowest BCUT2D eigenvalue weighted by Gasteiger charge is -2.21. The highest BCUT2D eigenvalue weighted by molar-refractivity contribution is 7.90. The Bertz CT molecular complexity index is 830. The Hall–Kier alpha value is -2.42. The molecule has 0 unspecified atom stereocenters. The summed E-state index contributed by atoms with van der Waals surface area (Å²) in [6, 6.07) is 6.44. The summed E-state index contributed by atoms with van der Waals surface area (Å²) >= 11 is 0. The maximum Gasteiger partial charge on any atom is 0.309 e. The zero-order chi connectivity index (χ0) is 18.8. The van der Waals surface area contributed by atoms with Gasteiger partial charge in [0.1, 0.15) is 4.90 Å². The second-order valence-electron chi connectivity index (χ2n) is 6.53. The van der Waals surface area contributed by atoms with Crippen LogP contribution >= 0.6 is 0 Å². The Labute approximate surface area is 146 Å². The summed E-state index contributed by atoms with van der Waals surface area (Å²) in [5, 5.41) is 11.7. The lowest BCUT2D eigenvalue weighted by Crippen LogP contribution is -2.40. The molecule has 0 saturated carbocycles. The number of nitrogens with zero attached hydrogens (tertiary/aromatic N) is 2. The first kappa shape index (κ1) is 18.9. The number of fused-ring (bicyclic) bond motifs is 1. The van der Waals surface area contributed by atoms with Crippen molar-refractivity contribution in [2.24, 2.45) is 9.81 Å². The van der Waals surface area contributed by atoms with E-state index in [9.17, 15) is 18.0 Å². The summed E-state index contributed by atoms with van der Waals surface area (Å²) in [6.45, 7) is 3.30. The molecule has 0 aliphatic carbocycles. The average molecular weight is 367 g/mol. The highest BCUT2D eigenvalue weighted by Gasteiger charge is 2.31. The number of amidine groups is 1. The van der Waals surface area contributed by atoms with E-state index in [1.807, 2.05) is 0 Å². The Morgan fingerprint density at radius 2 is 1.92 bits per heavy atom. The summed E-state index contributed by atoms with van der Waals surface area (Å²) in [7, 11) is -2.15. The molecule has 0 radical (unpaired) electrons. The molecule has 1 aliphatic rings. The number of nitrogens with one attached hydrogen (secondary N) is 1. The predicted molar refractivity (Wildman–Crippen MR) is 91.8 cm³/mol. The first-order chi connectivity index (χ1) is 11.5. The molecule has 0 atom stereocenters. The van der Waals surface area contributed by atoms with Crippen LogP contribution in [-0.4, -0.2) is 56.3 Å². The van der Waals surface area contributed by atoms with Crippen LogP contribution in [0.1, 0.15) is 25.8 Å². The minimum atomic E-state index is -3.73. The van der Waals surface area contributed by atoms with E-state index >= 15 is 0 Å². The molecule has 0 bridgehead atoms. The van der Waals surface area contributed by atoms with E-state index in [4.69, 9.17) is 5.11 Å². The monoisotopic (exact) mass is 367 g/mol. The minimum absolute atomic E-state index is 0.0871. The lowest BCUT2D eigenvalue weighted by atomic mass is 9.90. The third-order valence-corrected chi connectivity index (χ3v) is 5.33. The van der Waals surface area contributed by atoms with Crippen molar-refractivity contribution in [3.8, 4) is 0 Å². The Kier molecular flexibility index (Phi) is 5.17. The Balaban J connectivity index is 1.98. The Morgan fingerprint density at radius 1 is 1.28 bits per heavy atom. The molecule has 136 valence electrons. The summed E-state index contributed by atoms with van der Waals surface area (Å²) in [6.07, 6.45) is 0.288. The highest BCUT2D eigenvalue weighted by atomic mass is 32.2. The van der Waals surface area contributed by atoms with Crippen molar-refractivity contribution < 1.29 is 23.1 Å². The number of carboxylic acids is 1. The van der Waals surface area contributed by atoms with Crippen LogP contribution in [0.25, 0.3) is 0 Å². The van der Waals surface area contributed by atoms with E-state index in [-0.39, 0.29) is 36.1 Å². The van der Waals surface area contributed by atoms with Gasteiger partial charge in [0.25, 0.3) is 10.0 Å². The van der Waals surface area contributed by atoms with Crippen LogP contribution in [-0.2, 0) is 19.6 Å². The zero-order valence-corrected chi connectivity index (χ0v) is 15.1. The molecular formula is C16H21N3O5S. The minimum Gasteiger partial charge on any atom is -0.481 e. The first-order valence-electron chi connectivity index (χ1n) is 7.70. The van der Waals surface area contributed by atoms with Crippen LogP contribution in [0.5, 0.6) is 0 Å². The number of aliphatic carboxylic acids is 1. The number of hydrogen-bond donors (Lipinski definition) is 2. The molecule has 8 nitrogen and oxygen atoms in total. The fraction of sp³-hybridized carbons (Fsp3) is 0.438. The molecule has 0 saturated heterocycles. The number of carbonyl (C=O) groups excluding carboxylic acids is 1. The molecule has 0 aromatic heterocycles. The van der Waals surface area contributed by atoms with Crippen molar-refractivity contribution in [3.63, 3.8) is 0 Å². The van der Waals surface area contributed by atoms with Gasteiger partial charge in [-0.3, -0.25) is 9.59 Å². The number of sulfonamides is 1. The van der Waals surface area contributed by atoms with Crippen molar-refractivity contribution in [1.29, 1.82) is 0 Å². The summed E-state index contributed by atoms with van der Waals surface area (Å²) in [5.74, 6) is -1.05. The van der Waals surface area contributed by atoms with Gasteiger partial charge in [-0.2, -0.15) is 8.42 Å². The van der Waals surface area contributed by atoms with E-state index in [1.165, 1.54) is 11.0 Å². The molecule has 1 amide bonds. The van der Waals surface area contributed by atoms with Gasteiger partial charge < -0.3 is 15.3 Å². The molecule has 1 aromatic rings. The zero-order valence-electron chi connectivity index (χ0n) is 14.3. The molecule has 25 heavy (non-hydrogen) atoms. The molecule has 2 N–H and O–H groups in total. The van der Waals surface area contributed by atoms with Crippen molar-refractivity contribution in [3.05, 3.63) is 29.8 Å². The summed E-state index contributed by atoms with van der Waals surface area (Å²) in [5.41, 5.74) is -0.466.